The number of rotatable bonds is 6. The zero-order valence-electron chi connectivity index (χ0n) is 15.3. The normalized spacial score (nSPS) is 12.4. The number of aromatic nitrogens is 2. The van der Waals surface area contributed by atoms with Crippen LogP contribution in [0.1, 0.15) is 13.8 Å². The number of para-hydroxylation sites is 1. The van der Waals surface area contributed by atoms with E-state index < -0.39 is 40.8 Å². The summed E-state index contributed by atoms with van der Waals surface area (Å²) in [5, 5.41) is 10.3. The van der Waals surface area contributed by atoms with Gasteiger partial charge in [0.1, 0.15) is 0 Å². The summed E-state index contributed by atoms with van der Waals surface area (Å²) in [6.45, 7) is 2.95. The molecule has 0 bridgehead atoms. The molecule has 0 atom stereocenters. The Hall–Kier alpha value is -3.19. The van der Waals surface area contributed by atoms with Crippen LogP contribution in [0.3, 0.4) is 0 Å². The van der Waals surface area contributed by atoms with E-state index in [1.54, 1.807) is 0 Å². The maximum Gasteiger partial charge on any atom is 0.289 e. The number of hydrogen-bond acceptors (Lipinski definition) is 8. The quantitative estimate of drug-likeness (QED) is 0.434. The molecule has 0 amide bonds. The Morgan fingerprint density at radius 1 is 1.14 bits per heavy atom. The van der Waals surface area contributed by atoms with Gasteiger partial charge in [-0.2, -0.15) is 0 Å². The molecule has 13 heteroatoms. The molecule has 0 fully saturated rings. The van der Waals surface area contributed by atoms with Gasteiger partial charge in [-0.05, 0) is 38.1 Å². The molecule has 0 aliphatic carbocycles. The van der Waals surface area contributed by atoms with Crippen LogP contribution in [-0.2, 0) is 20.0 Å². The van der Waals surface area contributed by atoms with Crippen molar-refractivity contribution < 1.29 is 21.8 Å². The molecule has 0 unspecified atom stereocenters. The second-order valence-corrected chi connectivity index (χ2v) is 10.4. The fourth-order valence-electron chi connectivity index (χ4n) is 2.66. The summed E-state index contributed by atoms with van der Waals surface area (Å²) in [6.07, 6.45) is 0. The number of nitrogen functional groups attached to an aromatic ring is 1. The number of nitrogens with zero attached hydrogens (tertiary/aromatic N) is 3. The van der Waals surface area contributed by atoms with Crippen molar-refractivity contribution in [1.29, 1.82) is 0 Å². The van der Waals surface area contributed by atoms with Gasteiger partial charge in [-0.1, -0.05) is 12.1 Å². The van der Waals surface area contributed by atoms with Crippen molar-refractivity contribution in [3.8, 4) is 0 Å². The molecule has 3 N–H and O–H groups in total. The van der Waals surface area contributed by atoms with Crippen molar-refractivity contribution in [1.82, 2.24) is 8.96 Å². The van der Waals surface area contributed by atoms with Crippen molar-refractivity contribution in [2.45, 2.75) is 24.0 Å². The van der Waals surface area contributed by atoms with Crippen LogP contribution in [0.4, 0.5) is 17.3 Å². The van der Waals surface area contributed by atoms with Crippen molar-refractivity contribution in [3.05, 3.63) is 52.6 Å². The van der Waals surface area contributed by atoms with Crippen LogP contribution < -0.4 is 10.5 Å². The van der Waals surface area contributed by atoms with Crippen LogP contribution in [0.15, 0.2) is 47.4 Å². The summed E-state index contributed by atoms with van der Waals surface area (Å²) in [6, 6.07) is 8.89. The van der Waals surface area contributed by atoms with E-state index in [-0.39, 0.29) is 22.7 Å². The molecular weight excluding hydrogens is 422 g/mol. The Balaban J connectivity index is 2.12. The summed E-state index contributed by atoms with van der Waals surface area (Å²) in [7, 11) is -8.18. The predicted octanol–water partition coefficient (Wildman–Crippen LogP) is 1.91. The lowest BCUT2D eigenvalue weighted by Gasteiger charge is -2.12. The standard InChI is InChI=1S/C16H17N5O6S2/c1-10(2)29(26,27)20-14-9-11(7-8-12(14)18-16(20)17)19-28(24,25)15-6-4-3-5-13(15)21(22)23/h3-10,19H,1-2H3,(H2,17,18). The zero-order valence-corrected chi connectivity index (χ0v) is 16.9. The van der Waals surface area contributed by atoms with Gasteiger partial charge >= 0.3 is 0 Å². The van der Waals surface area contributed by atoms with Crippen molar-refractivity contribution in [3.63, 3.8) is 0 Å². The van der Waals surface area contributed by atoms with Crippen LogP contribution in [0.5, 0.6) is 0 Å². The lowest BCUT2D eigenvalue weighted by Crippen LogP contribution is -2.23. The largest absolute Gasteiger partial charge is 0.368 e. The molecule has 0 aliphatic rings. The molecule has 0 saturated heterocycles. The van der Waals surface area contributed by atoms with Gasteiger partial charge in [-0.15, -0.1) is 0 Å². The first-order valence-electron chi connectivity index (χ1n) is 8.24. The molecule has 0 saturated carbocycles. The van der Waals surface area contributed by atoms with Crippen LogP contribution in [0.2, 0.25) is 0 Å². The monoisotopic (exact) mass is 439 g/mol. The van der Waals surface area contributed by atoms with Gasteiger partial charge in [0.25, 0.3) is 15.7 Å². The van der Waals surface area contributed by atoms with E-state index in [2.05, 4.69) is 9.71 Å². The number of benzene rings is 2. The minimum Gasteiger partial charge on any atom is -0.368 e. The number of anilines is 2. The number of fused-ring (bicyclic) bond motifs is 1. The van der Waals surface area contributed by atoms with Crippen LogP contribution in [0.25, 0.3) is 11.0 Å². The van der Waals surface area contributed by atoms with Crippen LogP contribution in [-0.4, -0.2) is 36.0 Å². The van der Waals surface area contributed by atoms with E-state index in [0.29, 0.717) is 0 Å². The summed E-state index contributed by atoms with van der Waals surface area (Å²) in [4.78, 5) is 13.8. The summed E-state index contributed by atoms with van der Waals surface area (Å²) in [5.74, 6) is -0.257. The van der Waals surface area contributed by atoms with Crippen LogP contribution >= 0.6 is 0 Å². The van der Waals surface area contributed by atoms with Gasteiger partial charge in [0.05, 0.1) is 26.9 Å². The van der Waals surface area contributed by atoms with Gasteiger partial charge in [-0.3, -0.25) is 14.8 Å². The second-order valence-electron chi connectivity index (χ2n) is 6.36. The van der Waals surface area contributed by atoms with E-state index in [9.17, 15) is 26.9 Å². The van der Waals surface area contributed by atoms with Gasteiger partial charge < -0.3 is 5.73 Å². The Labute approximate surface area is 166 Å². The Morgan fingerprint density at radius 2 is 1.79 bits per heavy atom. The molecule has 154 valence electrons. The highest BCUT2D eigenvalue weighted by atomic mass is 32.2. The van der Waals surface area contributed by atoms with E-state index >= 15 is 0 Å². The number of nitro benzene ring substituents is 1. The predicted molar refractivity (Wildman–Crippen MR) is 108 cm³/mol. The van der Waals surface area contributed by atoms with Gasteiger partial charge in [0.2, 0.25) is 16.0 Å². The van der Waals surface area contributed by atoms with Gasteiger partial charge in [-0.25, -0.2) is 25.8 Å². The summed E-state index contributed by atoms with van der Waals surface area (Å²) < 4.78 is 53.6. The molecule has 29 heavy (non-hydrogen) atoms. The zero-order chi connectivity index (χ0) is 21.6. The topological polar surface area (TPSA) is 167 Å². The van der Waals surface area contributed by atoms with Crippen molar-refractivity contribution >= 4 is 48.4 Å². The van der Waals surface area contributed by atoms with E-state index in [4.69, 9.17) is 5.73 Å². The summed E-state index contributed by atoms with van der Waals surface area (Å²) >= 11 is 0. The first-order chi connectivity index (χ1) is 13.4. The molecule has 0 radical (unpaired) electrons. The van der Waals surface area contributed by atoms with Gasteiger partial charge in [0, 0.05) is 6.07 Å². The Kier molecular flexibility index (Phi) is 4.96. The smallest absolute Gasteiger partial charge is 0.289 e. The summed E-state index contributed by atoms with van der Waals surface area (Å²) in [5.41, 5.74) is 5.50. The highest BCUT2D eigenvalue weighted by molar-refractivity contribution is 7.93. The number of imidazole rings is 1. The number of sulfonamides is 1. The first-order valence-corrected chi connectivity index (χ1v) is 11.2. The molecule has 0 spiro atoms. The molecule has 3 aromatic rings. The third-order valence-electron chi connectivity index (χ3n) is 4.09. The molecule has 1 aromatic heterocycles. The number of nitro groups is 1. The Morgan fingerprint density at radius 3 is 2.41 bits per heavy atom. The fraction of sp³-hybridized carbons (Fsp3) is 0.188. The third kappa shape index (κ3) is 3.61. The number of hydrogen-bond donors (Lipinski definition) is 2. The van der Waals surface area contributed by atoms with E-state index in [0.717, 1.165) is 16.1 Å². The minimum atomic E-state index is -4.32. The van der Waals surface area contributed by atoms with E-state index in [1.165, 1.54) is 44.2 Å². The maximum absolute atomic E-state index is 12.7. The molecule has 1 heterocycles. The molecule has 11 nitrogen and oxygen atoms in total. The number of nitrogens with one attached hydrogen (secondary N) is 1. The third-order valence-corrected chi connectivity index (χ3v) is 7.60. The van der Waals surface area contributed by atoms with Gasteiger partial charge in [0.15, 0.2) is 4.90 Å². The fourth-order valence-corrected chi connectivity index (χ4v) is 5.03. The first kappa shape index (κ1) is 20.5. The van der Waals surface area contributed by atoms with Crippen LogP contribution in [0, 0.1) is 10.1 Å². The van der Waals surface area contributed by atoms with E-state index in [1.807, 2.05) is 0 Å². The molecule has 3 rings (SSSR count). The lowest BCUT2D eigenvalue weighted by atomic mass is 10.3. The molecular formula is C16H17N5O6S2. The van der Waals surface area contributed by atoms with Crippen molar-refractivity contribution in [2.24, 2.45) is 0 Å². The highest BCUT2D eigenvalue weighted by Gasteiger charge is 2.27. The molecule has 0 aliphatic heterocycles. The molecule has 2 aromatic carbocycles. The average molecular weight is 439 g/mol. The Bertz CT molecular complexity index is 1330. The second kappa shape index (κ2) is 7.00. The highest BCUT2D eigenvalue weighted by Crippen LogP contribution is 2.28. The SMILES string of the molecule is CC(C)S(=O)(=O)n1c(N)nc2ccc(NS(=O)(=O)c3ccccc3[N+](=O)[O-])cc21. The average Bonchev–Trinajstić information content (AvgIpc) is 2.96. The minimum absolute atomic E-state index is 0.00393. The lowest BCUT2D eigenvalue weighted by molar-refractivity contribution is -0.387. The maximum atomic E-state index is 12.7. The van der Waals surface area contributed by atoms with Crippen molar-refractivity contribution in [2.75, 3.05) is 10.5 Å². The number of nitrogens with two attached hydrogens (primary N) is 1.